The van der Waals surface area contributed by atoms with Crippen LogP contribution in [0.15, 0.2) is 0 Å². The van der Waals surface area contributed by atoms with Crippen LogP contribution >= 0.6 is 0 Å². The lowest BCUT2D eigenvalue weighted by Crippen LogP contribution is -2.60. The van der Waals surface area contributed by atoms with Crippen molar-refractivity contribution in [3.05, 3.63) is 0 Å². The minimum Gasteiger partial charge on any atom is -0.383 e. The maximum absolute atomic E-state index is 6.15. The average molecular weight is 258 g/mol. The molecule has 2 unspecified atom stereocenters. The highest BCUT2D eigenvalue weighted by Gasteiger charge is 2.41. The van der Waals surface area contributed by atoms with E-state index in [1.165, 1.54) is 25.7 Å². The van der Waals surface area contributed by atoms with Gasteiger partial charge < -0.3 is 15.2 Å². The standard InChI is InChI=1S/C14H30N2O2/c1-13-6-4-5-7-14(13,12-15)16(8-10-17-2)9-11-18-3/h13H,4-12,15H2,1-3H3. The van der Waals surface area contributed by atoms with Crippen LogP contribution in [0.4, 0.5) is 0 Å². The topological polar surface area (TPSA) is 47.7 Å². The smallest absolute Gasteiger partial charge is 0.0589 e. The first-order valence-electron chi connectivity index (χ1n) is 7.14. The molecule has 0 saturated heterocycles. The Balaban J connectivity index is 2.75. The first-order valence-corrected chi connectivity index (χ1v) is 7.14. The van der Waals surface area contributed by atoms with Crippen LogP contribution in [0.5, 0.6) is 0 Å². The van der Waals surface area contributed by atoms with E-state index in [-0.39, 0.29) is 5.54 Å². The monoisotopic (exact) mass is 258 g/mol. The molecule has 0 heterocycles. The summed E-state index contributed by atoms with van der Waals surface area (Å²) in [6.45, 7) is 6.50. The van der Waals surface area contributed by atoms with Gasteiger partial charge >= 0.3 is 0 Å². The van der Waals surface area contributed by atoms with Crippen LogP contribution in [-0.4, -0.2) is 57.5 Å². The number of nitrogens with zero attached hydrogens (tertiary/aromatic N) is 1. The molecule has 4 heteroatoms. The fraction of sp³-hybridized carbons (Fsp3) is 1.00. The second-order valence-corrected chi connectivity index (χ2v) is 5.43. The molecule has 2 N–H and O–H groups in total. The maximum atomic E-state index is 6.15. The van der Waals surface area contributed by atoms with Crippen molar-refractivity contribution in [2.75, 3.05) is 47.1 Å². The highest BCUT2D eigenvalue weighted by Crippen LogP contribution is 2.37. The summed E-state index contributed by atoms with van der Waals surface area (Å²) in [6, 6.07) is 0. The molecule has 0 aromatic heterocycles. The molecule has 1 aliphatic rings. The number of hydrogen-bond acceptors (Lipinski definition) is 4. The first-order chi connectivity index (χ1) is 8.71. The summed E-state index contributed by atoms with van der Waals surface area (Å²) in [7, 11) is 3.52. The molecule has 1 fully saturated rings. The molecule has 0 aromatic carbocycles. The van der Waals surface area contributed by atoms with E-state index < -0.39 is 0 Å². The summed E-state index contributed by atoms with van der Waals surface area (Å²) in [4.78, 5) is 2.50. The molecular formula is C14H30N2O2. The number of ether oxygens (including phenoxy) is 2. The van der Waals surface area contributed by atoms with Crippen molar-refractivity contribution in [3.8, 4) is 0 Å². The number of nitrogens with two attached hydrogens (primary N) is 1. The van der Waals surface area contributed by atoms with Gasteiger partial charge in [-0.15, -0.1) is 0 Å². The van der Waals surface area contributed by atoms with Crippen LogP contribution in [0, 0.1) is 5.92 Å². The lowest BCUT2D eigenvalue weighted by molar-refractivity contribution is -0.0154. The van der Waals surface area contributed by atoms with Crippen molar-refractivity contribution in [2.24, 2.45) is 11.7 Å². The van der Waals surface area contributed by atoms with Crippen LogP contribution < -0.4 is 5.73 Å². The zero-order valence-corrected chi connectivity index (χ0v) is 12.3. The summed E-state index contributed by atoms with van der Waals surface area (Å²) in [6.07, 6.45) is 5.12. The predicted molar refractivity (Wildman–Crippen MR) is 74.7 cm³/mol. The van der Waals surface area contributed by atoms with Gasteiger partial charge in [-0.1, -0.05) is 19.8 Å². The molecule has 0 bridgehead atoms. The van der Waals surface area contributed by atoms with E-state index in [1.807, 2.05) is 0 Å². The SMILES string of the molecule is COCCN(CCOC)C1(CN)CCCCC1C. The van der Waals surface area contributed by atoms with Gasteiger partial charge in [-0.2, -0.15) is 0 Å². The van der Waals surface area contributed by atoms with Crippen molar-refractivity contribution >= 4 is 0 Å². The second kappa shape index (κ2) is 8.10. The van der Waals surface area contributed by atoms with Gasteiger partial charge in [0.2, 0.25) is 0 Å². The Morgan fingerprint density at radius 1 is 1.17 bits per heavy atom. The van der Waals surface area contributed by atoms with Crippen LogP contribution in [0.3, 0.4) is 0 Å². The molecule has 1 rings (SSSR count). The molecule has 1 saturated carbocycles. The van der Waals surface area contributed by atoms with Crippen LogP contribution in [0.2, 0.25) is 0 Å². The zero-order chi connectivity index (χ0) is 13.4. The van der Waals surface area contributed by atoms with Gasteiger partial charge in [-0.3, -0.25) is 4.90 Å². The molecule has 0 radical (unpaired) electrons. The van der Waals surface area contributed by atoms with Crippen LogP contribution in [0.25, 0.3) is 0 Å². The minimum atomic E-state index is 0.148. The third-order valence-electron chi connectivity index (χ3n) is 4.53. The Morgan fingerprint density at radius 3 is 2.22 bits per heavy atom. The van der Waals surface area contributed by atoms with Crippen LogP contribution in [0.1, 0.15) is 32.6 Å². The highest BCUT2D eigenvalue weighted by atomic mass is 16.5. The molecule has 0 aliphatic heterocycles. The molecular weight excluding hydrogens is 228 g/mol. The quantitative estimate of drug-likeness (QED) is 0.716. The van der Waals surface area contributed by atoms with E-state index in [4.69, 9.17) is 15.2 Å². The molecule has 18 heavy (non-hydrogen) atoms. The van der Waals surface area contributed by atoms with Gasteiger partial charge in [0.15, 0.2) is 0 Å². The first kappa shape index (κ1) is 15.9. The van der Waals surface area contributed by atoms with Crippen LogP contribution in [-0.2, 0) is 9.47 Å². The van der Waals surface area contributed by atoms with E-state index in [0.29, 0.717) is 5.92 Å². The molecule has 0 aromatic rings. The fourth-order valence-corrected chi connectivity index (χ4v) is 3.26. The zero-order valence-electron chi connectivity index (χ0n) is 12.3. The van der Waals surface area contributed by atoms with Gasteiger partial charge in [0, 0.05) is 39.4 Å². The average Bonchev–Trinajstić information content (AvgIpc) is 2.40. The molecule has 0 spiro atoms. The van der Waals surface area contributed by atoms with Gasteiger partial charge in [0.1, 0.15) is 0 Å². The highest BCUT2D eigenvalue weighted by molar-refractivity contribution is 4.98. The third kappa shape index (κ3) is 3.67. The molecule has 4 nitrogen and oxygen atoms in total. The van der Waals surface area contributed by atoms with E-state index in [2.05, 4.69) is 11.8 Å². The minimum absolute atomic E-state index is 0.148. The number of hydrogen-bond donors (Lipinski definition) is 1. The third-order valence-corrected chi connectivity index (χ3v) is 4.53. The molecule has 0 amide bonds. The summed E-state index contributed by atoms with van der Waals surface area (Å²) >= 11 is 0. The van der Waals surface area contributed by atoms with Crippen molar-refractivity contribution in [3.63, 3.8) is 0 Å². The summed E-state index contributed by atoms with van der Waals surface area (Å²) < 4.78 is 10.5. The van der Waals surface area contributed by atoms with E-state index >= 15 is 0 Å². The van der Waals surface area contributed by atoms with Gasteiger partial charge in [0.05, 0.1) is 13.2 Å². The maximum Gasteiger partial charge on any atom is 0.0589 e. The normalized spacial score (nSPS) is 28.8. The Hall–Kier alpha value is -0.160. The fourth-order valence-electron chi connectivity index (χ4n) is 3.26. The van der Waals surface area contributed by atoms with Crippen molar-refractivity contribution in [2.45, 2.75) is 38.1 Å². The summed E-state index contributed by atoms with van der Waals surface area (Å²) in [5.41, 5.74) is 6.30. The Bertz CT molecular complexity index is 218. The van der Waals surface area contributed by atoms with E-state index in [0.717, 1.165) is 32.8 Å². The van der Waals surface area contributed by atoms with Gasteiger partial charge in [0.25, 0.3) is 0 Å². The Labute approximate surface area is 112 Å². The van der Waals surface area contributed by atoms with Gasteiger partial charge in [-0.25, -0.2) is 0 Å². The summed E-state index contributed by atoms with van der Waals surface area (Å²) in [5, 5.41) is 0. The van der Waals surface area contributed by atoms with E-state index in [9.17, 15) is 0 Å². The van der Waals surface area contributed by atoms with Crippen molar-refractivity contribution < 1.29 is 9.47 Å². The predicted octanol–water partition coefficient (Wildman–Crippen LogP) is 1.49. The Kier molecular flexibility index (Phi) is 7.15. The molecule has 2 atom stereocenters. The Morgan fingerprint density at radius 2 is 1.78 bits per heavy atom. The number of methoxy groups -OCH3 is 2. The lowest BCUT2D eigenvalue weighted by Gasteiger charge is -2.50. The number of rotatable bonds is 8. The van der Waals surface area contributed by atoms with E-state index in [1.54, 1.807) is 14.2 Å². The van der Waals surface area contributed by atoms with Crippen molar-refractivity contribution in [1.82, 2.24) is 4.90 Å². The molecule has 108 valence electrons. The lowest BCUT2D eigenvalue weighted by atomic mass is 9.72. The summed E-state index contributed by atoms with van der Waals surface area (Å²) in [5.74, 6) is 0.657. The second-order valence-electron chi connectivity index (χ2n) is 5.43. The largest absolute Gasteiger partial charge is 0.383 e. The molecule has 1 aliphatic carbocycles. The van der Waals surface area contributed by atoms with Gasteiger partial charge in [-0.05, 0) is 18.8 Å². The van der Waals surface area contributed by atoms with Crippen molar-refractivity contribution in [1.29, 1.82) is 0 Å².